The van der Waals surface area contributed by atoms with Crippen molar-refractivity contribution in [3.05, 3.63) is 52.0 Å². The minimum atomic E-state index is -3.82. The molecule has 0 saturated heterocycles. The molecule has 1 aromatic carbocycles. The van der Waals surface area contributed by atoms with Gasteiger partial charge in [-0.2, -0.15) is 12.8 Å². The smallest absolute Gasteiger partial charge is 0.282 e. The Kier molecular flexibility index (Phi) is 4.03. The highest BCUT2D eigenvalue weighted by Gasteiger charge is 2.15. The van der Waals surface area contributed by atoms with E-state index in [9.17, 15) is 13.2 Å². The molecule has 1 aliphatic carbocycles. The number of hydrogen-bond donors (Lipinski definition) is 0. The lowest BCUT2D eigenvalue weighted by Crippen LogP contribution is -2.07. The SMILES string of the molecule is O=C1C=CC(=NS(=O)(=O)c2ccc(Cl)cc2)C=C1Br. The molecule has 0 heterocycles. The zero-order chi connectivity index (χ0) is 14.0. The summed E-state index contributed by atoms with van der Waals surface area (Å²) in [7, 11) is -3.82. The van der Waals surface area contributed by atoms with E-state index in [1.54, 1.807) is 0 Å². The predicted octanol–water partition coefficient (Wildman–Crippen LogP) is 2.89. The second-order valence-electron chi connectivity index (χ2n) is 3.63. The summed E-state index contributed by atoms with van der Waals surface area (Å²) < 4.78 is 27.9. The van der Waals surface area contributed by atoms with Gasteiger partial charge in [0.2, 0.25) is 0 Å². The normalized spacial score (nSPS) is 17.7. The Morgan fingerprint density at radius 3 is 2.32 bits per heavy atom. The second-order valence-corrected chi connectivity index (χ2v) is 6.53. The first-order valence-electron chi connectivity index (χ1n) is 5.09. The van der Waals surface area contributed by atoms with Crippen LogP contribution in [0, 0.1) is 0 Å². The summed E-state index contributed by atoms with van der Waals surface area (Å²) in [6.07, 6.45) is 3.96. The molecule has 2 rings (SSSR count). The third-order valence-electron chi connectivity index (χ3n) is 2.25. The molecule has 0 N–H and O–H groups in total. The Bertz CT molecular complexity index is 718. The number of nitrogens with zero attached hydrogens (tertiary/aromatic N) is 1. The van der Waals surface area contributed by atoms with E-state index in [-0.39, 0.29) is 20.9 Å². The second kappa shape index (κ2) is 5.40. The molecular weight excluding hydrogens is 354 g/mol. The van der Waals surface area contributed by atoms with Crippen molar-refractivity contribution in [1.82, 2.24) is 0 Å². The number of carbonyl (C=O) groups is 1. The third kappa shape index (κ3) is 3.40. The van der Waals surface area contributed by atoms with E-state index in [1.165, 1.54) is 42.5 Å². The summed E-state index contributed by atoms with van der Waals surface area (Å²) in [5, 5.41) is 0.442. The minimum absolute atomic E-state index is 0.0409. The molecule has 0 aromatic heterocycles. The van der Waals surface area contributed by atoms with Gasteiger partial charge in [-0.15, -0.1) is 0 Å². The molecule has 0 radical (unpaired) electrons. The topological polar surface area (TPSA) is 63.6 Å². The summed E-state index contributed by atoms with van der Waals surface area (Å²) >= 11 is 8.73. The first-order chi connectivity index (χ1) is 8.88. The summed E-state index contributed by atoms with van der Waals surface area (Å²) in [6.45, 7) is 0. The predicted molar refractivity (Wildman–Crippen MR) is 77.2 cm³/mol. The lowest BCUT2D eigenvalue weighted by molar-refractivity contribution is -0.110. The molecular formula is C12H7BrClNO3S. The number of allylic oxidation sites excluding steroid dienone is 4. The van der Waals surface area contributed by atoms with Crippen LogP contribution in [0.25, 0.3) is 0 Å². The van der Waals surface area contributed by atoms with Crippen LogP contribution < -0.4 is 0 Å². The fraction of sp³-hybridized carbons (Fsp3) is 0. The number of hydrogen-bond acceptors (Lipinski definition) is 3. The van der Waals surface area contributed by atoms with Crippen molar-refractivity contribution in [2.45, 2.75) is 4.90 Å². The number of benzene rings is 1. The molecule has 19 heavy (non-hydrogen) atoms. The van der Waals surface area contributed by atoms with Crippen molar-refractivity contribution in [2.75, 3.05) is 0 Å². The quantitative estimate of drug-likeness (QED) is 0.762. The monoisotopic (exact) mass is 359 g/mol. The van der Waals surface area contributed by atoms with Crippen LogP contribution in [0.2, 0.25) is 5.02 Å². The van der Waals surface area contributed by atoms with Gasteiger partial charge in [0, 0.05) is 5.02 Å². The molecule has 1 aromatic rings. The van der Waals surface area contributed by atoms with E-state index in [0.717, 1.165) is 0 Å². The number of ketones is 1. The van der Waals surface area contributed by atoms with E-state index < -0.39 is 10.0 Å². The number of sulfonamides is 1. The fourth-order valence-electron chi connectivity index (χ4n) is 1.34. The zero-order valence-electron chi connectivity index (χ0n) is 9.38. The lowest BCUT2D eigenvalue weighted by Gasteiger charge is -2.03. The highest BCUT2D eigenvalue weighted by Crippen LogP contribution is 2.18. The van der Waals surface area contributed by atoms with Gasteiger partial charge in [-0.25, -0.2) is 0 Å². The molecule has 98 valence electrons. The van der Waals surface area contributed by atoms with Crippen molar-refractivity contribution in [3.63, 3.8) is 0 Å². The Morgan fingerprint density at radius 1 is 1.11 bits per heavy atom. The van der Waals surface area contributed by atoms with Gasteiger partial charge >= 0.3 is 0 Å². The van der Waals surface area contributed by atoms with Crippen LogP contribution in [-0.2, 0) is 14.8 Å². The summed E-state index contributed by atoms with van der Waals surface area (Å²) in [5.41, 5.74) is 0.182. The van der Waals surface area contributed by atoms with Crippen molar-refractivity contribution >= 4 is 49.0 Å². The van der Waals surface area contributed by atoms with Crippen LogP contribution in [0.4, 0.5) is 0 Å². The van der Waals surface area contributed by atoms with Crippen molar-refractivity contribution in [3.8, 4) is 0 Å². The van der Waals surface area contributed by atoms with E-state index >= 15 is 0 Å². The molecule has 0 atom stereocenters. The minimum Gasteiger partial charge on any atom is -0.289 e. The highest BCUT2D eigenvalue weighted by atomic mass is 79.9. The fourth-order valence-corrected chi connectivity index (χ4v) is 2.81. The molecule has 0 unspecified atom stereocenters. The standard InChI is InChI=1S/C12H7BrClNO3S/c13-11-7-9(3-6-12(11)16)15-19(17,18)10-4-1-8(14)2-5-10/h1-7H. The van der Waals surface area contributed by atoms with Gasteiger partial charge < -0.3 is 0 Å². The highest BCUT2D eigenvalue weighted by molar-refractivity contribution is 9.12. The molecule has 0 spiro atoms. The van der Waals surface area contributed by atoms with Gasteiger partial charge in [-0.05, 0) is 58.4 Å². The van der Waals surface area contributed by atoms with Gasteiger partial charge in [0.15, 0.2) is 5.78 Å². The van der Waals surface area contributed by atoms with E-state index in [0.29, 0.717) is 5.02 Å². The van der Waals surface area contributed by atoms with Crippen molar-refractivity contribution in [2.24, 2.45) is 4.40 Å². The number of carbonyl (C=O) groups excluding carboxylic acids is 1. The molecule has 4 nitrogen and oxygen atoms in total. The van der Waals surface area contributed by atoms with Gasteiger partial charge in [-0.3, -0.25) is 4.79 Å². The van der Waals surface area contributed by atoms with Crippen LogP contribution in [0.3, 0.4) is 0 Å². The van der Waals surface area contributed by atoms with Crippen LogP contribution in [0.15, 0.2) is 56.3 Å². The van der Waals surface area contributed by atoms with Gasteiger partial charge in [-0.1, -0.05) is 11.6 Å². The first kappa shape index (κ1) is 14.2. The molecule has 0 saturated carbocycles. The maximum absolute atomic E-state index is 12.0. The van der Waals surface area contributed by atoms with Crippen LogP contribution in [0.1, 0.15) is 0 Å². The average molecular weight is 361 g/mol. The Labute approximate surface area is 123 Å². The number of halogens is 2. The zero-order valence-corrected chi connectivity index (χ0v) is 12.5. The molecule has 0 amide bonds. The van der Waals surface area contributed by atoms with E-state index in [4.69, 9.17) is 11.6 Å². The van der Waals surface area contributed by atoms with Gasteiger partial charge in [0.05, 0.1) is 15.1 Å². The first-order valence-corrected chi connectivity index (χ1v) is 7.70. The molecule has 7 heteroatoms. The van der Waals surface area contributed by atoms with Crippen LogP contribution in [0.5, 0.6) is 0 Å². The molecule has 0 aliphatic heterocycles. The van der Waals surface area contributed by atoms with Crippen LogP contribution >= 0.6 is 27.5 Å². The lowest BCUT2D eigenvalue weighted by atomic mass is 10.2. The van der Waals surface area contributed by atoms with E-state index in [2.05, 4.69) is 20.3 Å². The van der Waals surface area contributed by atoms with Gasteiger partial charge in [0.25, 0.3) is 10.0 Å². The maximum atomic E-state index is 12.0. The molecule has 0 fully saturated rings. The summed E-state index contributed by atoms with van der Waals surface area (Å²) in [6, 6.07) is 5.69. The third-order valence-corrected chi connectivity index (χ3v) is 4.44. The Balaban J connectivity index is 2.40. The average Bonchev–Trinajstić information content (AvgIpc) is 2.34. The maximum Gasteiger partial charge on any atom is 0.282 e. The van der Waals surface area contributed by atoms with E-state index in [1.807, 2.05) is 0 Å². The Morgan fingerprint density at radius 2 is 1.74 bits per heavy atom. The van der Waals surface area contributed by atoms with Gasteiger partial charge in [0.1, 0.15) is 0 Å². The van der Waals surface area contributed by atoms with Crippen molar-refractivity contribution < 1.29 is 13.2 Å². The molecule has 1 aliphatic rings. The van der Waals surface area contributed by atoms with Crippen LogP contribution in [-0.4, -0.2) is 19.9 Å². The van der Waals surface area contributed by atoms with Crippen molar-refractivity contribution in [1.29, 1.82) is 0 Å². The largest absolute Gasteiger partial charge is 0.289 e. The number of rotatable bonds is 2. The summed E-state index contributed by atoms with van der Waals surface area (Å²) in [4.78, 5) is 11.2. The Hall–Kier alpha value is -1.24. The summed E-state index contributed by atoms with van der Waals surface area (Å²) in [5.74, 6) is -0.233. The molecule has 0 bridgehead atoms.